The van der Waals surface area contributed by atoms with E-state index in [4.69, 9.17) is 9.47 Å². The lowest BCUT2D eigenvalue weighted by Crippen LogP contribution is -2.10. The number of hydrogen-bond acceptors (Lipinski definition) is 4. The number of ether oxygens (including phenoxy) is 2. The summed E-state index contributed by atoms with van der Waals surface area (Å²) in [6.07, 6.45) is 3.00. The van der Waals surface area contributed by atoms with E-state index >= 15 is 0 Å². The van der Waals surface area contributed by atoms with Gasteiger partial charge in [-0.2, -0.15) is 0 Å². The average Bonchev–Trinajstić information content (AvgIpc) is 2.51. The minimum absolute atomic E-state index is 0.0608. The van der Waals surface area contributed by atoms with Crippen molar-refractivity contribution in [3.8, 4) is 23.0 Å². The molecule has 1 aromatic carbocycles. The number of phenols is 2. The van der Waals surface area contributed by atoms with Crippen molar-refractivity contribution in [2.45, 2.75) is 67.2 Å². The lowest BCUT2D eigenvalue weighted by Gasteiger charge is -2.23. The van der Waals surface area contributed by atoms with Crippen LogP contribution in [0.2, 0.25) is 0 Å². The van der Waals surface area contributed by atoms with Crippen molar-refractivity contribution >= 4 is 0 Å². The molecule has 0 amide bonds. The molecule has 0 aromatic heterocycles. The summed E-state index contributed by atoms with van der Waals surface area (Å²) in [5, 5.41) is 21.2. The van der Waals surface area contributed by atoms with Crippen LogP contribution in [0.15, 0.2) is 0 Å². The fourth-order valence-corrected chi connectivity index (χ4v) is 2.68. The summed E-state index contributed by atoms with van der Waals surface area (Å²) in [6, 6.07) is 0. The lowest BCUT2D eigenvalue weighted by atomic mass is 9.94. The molecule has 2 N–H and O–H groups in total. The Morgan fingerprint density at radius 1 is 0.708 bits per heavy atom. The van der Waals surface area contributed by atoms with Gasteiger partial charge in [0.1, 0.15) is 0 Å². The summed E-state index contributed by atoms with van der Waals surface area (Å²) in [6.45, 7) is 13.5. The van der Waals surface area contributed by atoms with E-state index in [1.165, 1.54) is 0 Å². The third-order valence-electron chi connectivity index (χ3n) is 3.68. The summed E-state index contributed by atoms with van der Waals surface area (Å²) in [5.74, 6) is 1.74. The molecule has 1 aromatic rings. The Balaban J connectivity index is 3.55. The number of hydrogen-bond donors (Lipinski definition) is 2. The first kappa shape index (κ1) is 20.5. The molecule has 0 aliphatic rings. The van der Waals surface area contributed by atoms with Gasteiger partial charge in [-0.3, -0.25) is 0 Å². The number of rotatable bonds is 10. The van der Waals surface area contributed by atoms with Crippen LogP contribution in [-0.2, 0) is 12.8 Å². The molecule has 0 radical (unpaired) electrons. The zero-order valence-electron chi connectivity index (χ0n) is 16.1. The van der Waals surface area contributed by atoms with Gasteiger partial charge >= 0.3 is 0 Å². The van der Waals surface area contributed by atoms with E-state index in [1.807, 2.05) is 13.8 Å². The van der Waals surface area contributed by atoms with Crippen molar-refractivity contribution in [3.05, 3.63) is 11.1 Å². The first-order valence-corrected chi connectivity index (χ1v) is 9.18. The van der Waals surface area contributed by atoms with Crippen LogP contribution < -0.4 is 9.47 Å². The van der Waals surface area contributed by atoms with Gasteiger partial charge in [-0.25, -0.2) is 0 Å². The highest BCUT2D eigenvalue weighted by molar-refractivity contribution is 5.65. The first-order valence-electron chi connectivity index (χ1n) is 9.18. The Bertz CT molecular complexity index is 474. The second-order valence-corrected chi connectivity index (χ2v) is 7.21. The molecule has 0 heterocycles. The number of phenolic OH excluding ortho intramolecular Hbond substituents is 2. The number of aromatic hydroxyl groups is 2. The van der Waals surface area contributed by atoms with Gasteiger partial charge in [-0.05, 0) is 37.5 Å². The molecular weight excluding hydrogens is 304 g/mol. The van der Waals surface area contributed by atoms with Gasteiger partial charge < -0.3 is 19.7 Å². The van der Waals surface area contributed by atoms with E-state index in [0.29, 0.717) is 60.5 Å². The molecule has 0 bridgehead atoms. The summed E-state index contributed by atoms with van der Waals surface area (Å²) in [7, 11) is 0. The van der Waals surface area contributed by atoms with Crippen LogP contribution in [0, 0.1) is 11.8 Å². The Labute approximate surface area is 146 Å². The van der Waals surface area contributed by atoms with Crippen molar-refractivity contribution in [2.75, 3.05) is 13.2 Å². The SMILES string of the molecule is CCCOc1c(CC(C)C)c(O)c(O)c(CC(C)C)c1OCCC. The van der Waals surface area contributed by atoms with E-state index in [0.717, 1.165) is 12.8 Å². The average molecular weight is 338 g/mol. The Morgan fingerprint density at radius 3 is 1.29 bits per heavy atom. The zero-order chi connectivity index (χ0) is 18.3. The fourth-order valence-electron chi connectivity index (χ4n) is 2.68. The van der Waals surface area contributed by atoms with Crippen LogP contribution in [0.25, 0.3) is 0 Å². The minimum atomic E-state index is -0.0608. The third-order valence-corrected chi connectivity index (χ3v) is 3.68. The maximum absolute atomic E-state index is 10.6. The molecular formula is C20H34O4. The van der Waals surface area contributed by atoms with Crippen LogP contribution in [0.5, 0.6) is 23.0 Å². The van der Waals surface area contributed by atoms with Crippen molar-refractivity contribution in [1.29, 1.82) is 0 Å². The predicted octanol–water partition coefficient (Wildman–Crippen LogP) is 5.07. The topological polar surface area (TPSA) is 58.9 Å². The molecule has 0 fully saturated rings. The van der Waals surface area contributed by atoms with Crippen molar-refractivity contribution < 1.29 is 19.7 Å². The van der Waals surface area contributed by atoms with E-state index in [2.05, 4.69) is 27.7 Å². The molecule has 138 valence electrons. The largest absolute Gasteiger partial charge is 0.504 e. The standard InChI is InChI=1S/C20H34O4/c1-7-9-23-19-15(11-13(3)4)17(21)18(22)16(12-14(5)6)20(19)24-10-8-2/h13-14,21-22H,7-12H2,1-6H3. The van der Waals surface area contributed by atoms with Gasteiger partial charge in [-0.1, -0.05) is 41.5 Å². The highest BCUT2D eigenvalue weighted by Crippen LogP contribution is 2.49. The molecule has 0 saturated carbocycles. The maximum atomic E-state index is 10.6. The van der Waals surface area contributed by atoms with E-state index in [1.54, 1.807) is 0 Å². The highest BCUT2D eigenvalue weighted by atomic mass is 16.5. The Hall–Kier alpha value is -1.58. The molecule has 0 spiro atoms. The highest BCUT2D eigenvalue weighted by Gasteiger charge is 2.26. The van der Waals surface area contributed by atoms with Crippen LogP contribution in [-0.4, -0.2) is 23.4 Å². The van der Waals surface area contributed by atoms with Crippen LogP contribution >= 0.6 is 0 Å². The molecule has 0 saturated heterocycles. The van der Waals surface area contributed by atoms with Crippen LogP contribution in [0.4, 0.5) is 0 Å². The molecule has 0 aliphatic carbocycles. The summed E-state index contributed by atoms with van der Waals surface area (Å²) in [4.78, 5) is 0. The molecule has 0 aliphatic heterocycles. The predicted molar refractivity (Wildman–Crippen MR) is 98.4 cm³/mol. The quantitative estimate of drug-likeness (QED) is 0.585. The molecule has 24 heavy (non-hydrogen) atoms. The van der Waals surface area contributed by atoms with E-state index < -0.39 is 0 Å². The third kappa shape index (κ3) is 5.22. The van der Waals surface area contributed by atoms with Gasteiger partial charge in [-0.15, -0.1) is 0 Å². The lowest BCUT2D eigenvalue weighted by molar-refractivity contribution is 0.257. The van der Waals surface area contributed by atoms with E-state index in [9.17, 15) is 10.2 Å². The monoisotopic (exact) mass is 338 g/mol. The van der Waals surface area contributed by atoms with Crippen LogP contribution in [0.1, 0.15) is 65.5 Å². The van der Waals surface area contributed by atoms with E-state index in [-0.39, 0.29) is 11.5 Å². The molecule has 4 nitrogen and oxygen atoms in total. The summed E-state index contributed by atoms with van der Waals surface area (Å²) < 4.78 is 12.0. The van der Waals surface area contributed by atoms with Crippen molar-refractivity contribution in [1.82, 2.24) is 0 Å². The fraction of sp³-hybridized carbons (Fsp3) is 0.700. The smallest absolute Gasteiger partial charge is 0.168 e. The van der Waals surface area contributed by atoms with Gasteiger partial charge in [0.15, 0.2) is 23.0 Å². The summed E-state index contributed by atoms with van der Waals surface area (Å²) in [5.41, 5.74) is 1.30. The Kier molecular flexibility index (Phi) is 8.23. The second kappa shape index (κ2) is 9.65. The normalized spacial score (nSPS) is 11.3. The van der Waals surface area contributed by atoms with Gasteiger partial charge in [0.25, 0.3) is 0 Å². The maximum Gasteiger partial charge on any atom is 0.168 e. The van der Waals surface area contributed by atoms with Crippen molar-refractivity contribution in [2.24, 2.45) is 11.8 Å². The minimum Gasteiger partial charge on any atom is -0.504 e. The van der Waals surface area contributed by atoms with Crippen molar-refractivity contribution in [3.63, 3.8) is 0 Å². The summed E-state index contributed by atoms with van der Waals surface area (Å²) >= 11 is 0. The molecule has 0 atom stereocenters. The van der Waals surface area contributed by atoms with Gasteiger partial charge in [0.2, 0.25) is 0 Å². The molecule has 4 heteroatoms. The first-order chi connectivity index (χ1) is 11.3. The van der Waals surface area contributed by atoms with Gasteiger partial charge in [0, 0.05) is 11.1 Å². The van der Waals surface area contributed by atoms with Gasteiger partial charge in [0.05, 0.1) is 13.2 Å². The Morgan fingerprint density at radius 2 is 1.04 bits per heavy atom. The second-order valence-electron chi connectivity index (χ2n) is 7.21. The molecule has 0 unspecified atom stereocenters. The number of benzene rings is 1. The zero-order valence-corrected chi connectivity index (χ0v) is 16.1. The molecule has 1 rings (SSSR count). The van der Waals surface area contributed by atoms with Crippen LogP contribution in [0.3, 0.4) is 0 Å².